The number of ether oxygens (including phenoxy) is 1. The van der Waals surface area contributed by atoms with Crippen molar-refractivity contribution in [2.24, 2.45) is 0 Å². The molecule has 122 valence electrons. The molecule has 1 heterocycles. The number of hydrogen-bond donors (Lipinski definition) is 1. The summed E-state index contributed by atoms with van der Waals surface area (Å²) in [6, 6.07) is 15.2. The van der Waals surface area contributed by atoms with Gasteiger partial charge in [0, 0.05) is 15.9 Å². The molecule has 6 heteroatoms. The Morgan fingerprint density at radius 1 is 1.17 bits per heavy atom. The predicted molar refractivity (Wildman–Crippen MR) is 97.6 cm³/mol. The van der Waals surface area contributed by atoms with Gasteiger partial charge in [0.1, 0.15) is 12.4 Å². The van der Waals surface area contributed by atoms with Gasteiger partial charge in [-0.25, -0.2) is 4.98 Å². The molecule has 3 aromatic rings. The third-order valence-electron chi connectivity index (χ3n) is 3.43. The molecule has 0 aliphatic heterocycles. The first-order valence-electron chi connectivity index (χ1n) is 7.30. The van der Waals surface area contributed by atoms with Gasteiger partial charge in [-0.2, -0.15) is 0 Å². The average Bonchev–Trinajstić information content (AvgIpc) is 2.58. The van der Waals surface area contributed by atoms with E-state index < -0.39 is 0 Å². The van der Waals surface area contributed by atoms with Crippen LogP contribution in [0.5, 0.6) is 5.75 Å². The number of rotatable bonds is 5. The van der Waals surface area contributed by atoms with Crippen LogP contribution >= 0.6 is 27.5 Å². The standard InChI is InChI=1S/C18H14BrClN2O2/c19-15-9-14(20)7-6-13(15)8-17-21-10-16(18(23)22-17)24-11-12-4-2-1-3-5-12/h1-7,9-10H,8,11H2,(H,21,22,23). The van der Waals surface area contributed by atoms with Crippen LogP contribution in [0.15, 0.2) is 64.0 Å². The lowest BCUT2D eigenvalue weighted by Gasteiger charge is -2.07. The van der Waals surface area contributed by atoms with Crippen molar-refractivity contribution in [1.29, 1.82) is 0 Å². The molecule has 0 amide bonds. The van der Waals surface area contributed by atoms with Crippen LogP contribution in [0.4, 0.5) is 0 Å². The lowest BCUT2D eigenvalue weighted by atomic mass is 10.1. The van der Waals surface area contributed by atoms with Crippen LogP contribution in [0.3, 0.4) is 0 Å². The number of aromatic nitrogens is 2. The van der Waals surface area contributed by atoms with E-state index in [9.17, 15) is 4.79 Å². The van der Waals surface area contributed by atoms with Crippen molar-refractivity contribution in [2.75, 3.05) is 0 Å². The third-order valence-corrected chi connectivity index (χ3v) is 4.40. The zero-order valence-electron chi connectivity index (χ0n) is 12.6. The van der Waals surface area contributed by atoms with Gasteiger partial charge in [0.2, 0.25) is 5.75 Å². The molecule has 0 saturated carbocycles. The lowest BCUT2D eigenvalue weighted by Crippen LogP contribution is -2.15. The summed E-state index contributed by atoms with van der Waals surface area (Å²) < 4.78 is 6.41. The molecule has 0 saturated heterocycles. The summed E-state index contributed by atoms with van der Waals surface area (Å²) in [6.07, 6.45) is 1.95. The molecular weight excluding hydrogens is 392 g/mol. The van der Waals surface area contributed by atoms with Crippen LogP contribution in [0.25, 0.3) is 0 Å². The van der Waals surface area contributed by atoms with E-state index in [4.69, 9.17) is 16.3 Å². The number of benzene rings is 2. The monoisotopic (exact) mass is 404 g/mol. The molecule has 0 atom stereocenters. The van der Waals surface area contributed by atoms with Gasteiger partial charge in [-0.15, -0.1) is 0 Å². The molecule has 1 aromatic heterocycles. The Balaban J connectivity index is 1.71. The molecule has 1 N–H and O–H groups in total. The Labute approximate surface area is 152 Å². The minimum atomic E-state index is -0.291. The quantitative estimate of drug-likeness (QED) is 0.686. The zero-order valence-corrected chi connectivity index (χ0v) is 15.0. The highest BCUT2D eigenvalue weighted by Gasteiger charge is 2.07. The largest absolute Gasteiger partial charge is 0.482 e. The van der Waals surface area contributed by atoms with Crippen LogP contribution in [0.1, 0.15) is 17.0 Å². The molecule has 0 aliphatic carbocycles. The number of aromatic amines is 1. The normalized spacial score (nSPS) is 10.6. The van der Waals surface area contributed by atoms with E-state index in [1.54, 1.807) is 6.07 Å². The van der Waals surface area contributed by atoms with E-state index in [-0.39, 0.29) is 11.3 Å². The molecular formula is C18H14BrClN2O2. The van der Waals surface area contributed by atoms with Crippen LogP contribution in [0, 0.1) is 0 Å². The van der Waals surface area contributed by atoms with Crippen LogP contribution in [0.2, 0.25) is 5.02 Å². The van der Waals surface area contributed by atoms with Crippen molar-refractivity contribution < 1.29 is 4.74 Å². The smallest absolute Gasteiger partial charge is 0.293 e. The van der Waals surface area contributed by atoms with Gasteiger partial charge in [-0.1, -0.05) is 63.9 Å². The summed E-state index contributed by atoms with van der Waals surface area (Å²) in [7, 11) is 0. The Kier molecular flexibility index (Phi) is 5.33. The molecule has 0 spiro atoms. The number of hydrogen-bond acceptors (Lipinski definition) is 3. The molecule has 0 radical (unpaired) electrons. The second kappa shape index (κ2) is 7.64. The van der Waals surface area contributed by atoms with E-state index in [2.05, 4.69) is 25.9 Å². The summed E-state index contributed by atoms with van der Waals surface area (Å²) in [4.78, 5) is 19.2. The van der Waals surface area contributed by atoms with Gasteiger partial charge in [0.05, 0.1) is 6.20 Å². The topological polar surface area (TPSA) is 55.0 Å². The lowest BCUT2D eigenvalue weighted by molar-refractivity contribution is 0.300. The zero-order chi connectivity index (χ0) is 16.9. The second-order valence-corrected chi connectivity index (χ2v) is 6.50. The number of H-pyrrole nitrogens is 1. The Morgan fingerprint density at radius 2 is 1.96 bits per heavy atom. The molecule has 0 aliphatic rings. The van der Waals surface area contributed by atoms with Crippen LogP contribution in [-0.4, -0.2) is 9.97 Å². The Hall–Kier alpha value is -2.11. The Bertz CT molecular complexity index is 897. The van der Waals surface area contributed by atoms with Crippen molar-refractivity contribution in [1.82, 2.24) is 9.97 Å². The fourth-order valence-electron chi connectivity index (χ4n) is 2.19. The van der Waals surface area contributed by atoms with Gasteiger partial charge in [-0.3, -0.25) is 4.79 Å². The van der Waals surface area contributed by atoms with Crippen molar-refractivity contribution in [2.45, 2.75) is 13.0 Å². The van der Waals surface area contributed by atoms with Crippen molar-refractivity contribution >= 4 is 27.5 Å². The van der Waals surface area contributed by atoms with E-state index in [1.807, 2.05) is 42.5 Å². The molecule has 0 fully saturated rings. The van der Waals surface area contributed by atoms with Gasteiger partial charge < -0.3 is 9.72 Å². The van der Waals surface area contributed by atoms with Gasteiger partial charge in [0.25, 0.3) is 5.56 Å². The average molecular weight is 406 g/mol. The second-order valence-electron chi connectivity index (χ2n) is 5.21. The minimum absolute atomic E-state index is 0.206. The maximum atomic E-state index is 12.1. The summed E-state index contributed by atoms with van der Waals surface area (Å²) >= 11 is 9.39. The molecule has 0 bridgehead atoms. The fourth-order valence-corrected chi connectivity index (χ4v) is 3.02. The van der Waals surface area contributed by atoms with Crippen LogP contribution < -0.4 is 10.3 Å². The summed E-state index contributed by atoms with van der Waals surface area (Å²) in [6.45, 7) is 0.327. The maximum absolute atomic E-state index is 12.1. The summed E-state index contributed by atoms with van der Waals surface area (Å²) in [5.41, 5.74) is 1.69. The highest BCUT2D eigenvalue weighted by molar-refractivity contribution is 9.10. The SMILES string of the molecule is O=c1[nH]c(Cc2ccc(Cl)cc2Br)ncc1OCc1ccccc1. The van der Waals surface area contributed by atoms with Crippen molar-refractivity contribution in [3.63, 3.8) is 0 Å². The van der Waals surface area contributed by atoms with Crippen molar-refractivity contribution in [3.8, 4) is 5.75 Å². The van der Waals surface area contributed by atoms with Crippen molar-refractivity contribution in [3.05, 3.63) is 91.5 Å². The predicted octanol–water partition coefficient (Wildman–Crippen LogP) is 4.36. The highest BCUT2D eigenvalue weighted by Crippen LogP contribution is 2.23. The molecule has 2 aromatic carbocycles. The van der Waals surface area contributed by atoms with E-state index in [0.717, 1.165) is 15.6 Å². The molecule has 0 unspecified atom stereocenters. The first-order chi connectivity index (χ1) is 11.6. The van der Waals surface area contributed by atoms with E-state index in [0.29, 0.717) is 23.9 Å². The Morgan fingerprint density at radius 3 is 2.67 bits per heavy atom. The number of nitrogens with one attached hydrogen (secondary N) is 1. The van der Waals surface area contributed by atoms with Gasteiger partial charge >= 0.3 is 0 Å². The first-order valence-corrected chi connectivity index (χ1v) is 8.48. The minimum Gasteiger partial charge on any atom is -0.482 e. The van der Waals surface area contributed by atoms with Gasteiger partial charge in [0.15, 0.2) is 0 Å². The fraction of sp³-hybridized carbons (Fsp3) is 0.111. The molecule has 4 nitrogen and oxygen atoms in total. The highest BCUT2D eigenvalue weighted by atomic mass is 79.9. The van der Waals surface area contributed by atoms with E-state index >= 15 is 0 Å². The molecule has 24 heavy (non-hydrogen) atoms. The van der Waals surface area contributed by atoms with Gasteiger partial charge in [-0.05, 0) is 23.3 Å². The number of nitrogens with zero attached hydrogens (tertiary/aromatic N) is 1. The molecule has 3 rings (SSSR count). The van der Waals surface area contributed by atoms with Crippen LogP contribution in [-0.2, 0) is 13.0 Å². The summed E-state index contributed by atoms with van der Waals surface area (Å²) in [5, 5.41) is 0.650. The third kappa shape index (κ3) is 4.24. The first kappa shape index (κ1) is 16.7. The number of halogens is 2. The maximum Gasteiger partial charge on any atom is 0.293 e. The summed E-state index contributed by atoms with van der Waals surface area (Å²) in [5.74, 6) is 0.771. The van der Waals surface area contributed by atoms with E-state index in [1.165, 1.54) is 6.20 Å².